The van der Waals surface area contributed by atoms with Crippen LogP contribution in [0.1, 0.15) is 30.5 Å². The topological polar surface area (TPSA) is 78.2 Å². The molecule has 0 saturated heterocycles. The Hall–Kier alpha value is -4.12. The van der Waals surface area contributed by atoms with Crippen molar-refractivity contribution < 1.29 is 27.1 Å². The third-order valence-corrected chi connectivity index (χ3v) is 6.51. The minimum atomic E-state index is -4.55. The summed E-state index contributed by atoms with van der Waals surface area (Å²) in [5.41, 5.74) is -1.95. The zero-order valence-corrected chi connectivity index (χ0v) is 22.5. The summed E-state index contributed by atoms with van der Waals surface area (Å²) in [6.07, 6.45) is -4.55. The number of aromatic nitrogens is 3. The van der Waals surface area contributed by atoms with E-state index in [1.165, 1.54) is 48.1 Å². The molecule has 40 heavy (non-hydrogen) atoms. The van der Waals surface area contributed by atoms with Gasteiger partial charge in [-0.25, -0.2) is 13.9 Å². The summed E-state index contributed by atoms with van der Waals surface area (Å²) in [5, 5.41) is 7.39. The fraction of sp³-hybridized carbons (Fsp3) is 0.250. The number of rotatable bonds is 8. The average Bonchev–Trinajstić information content (AvgIpc) is 3.18. The molecule has 1 heterocycles. The molecule has 0 radical (unpaired) electrons. The second-order valence-corrected chi connectivity index (χ2v) is 9.97. The van der Waals surface area contributed by atoms with Crippen LogP contribution in [0.5, 0.6) is 5.75 Å². The summed E-state index contributed by atoms with van der Waals surface area (Å²) in [4.78, 5) is 26.5. The number of ether oxygens (including phenoxy) is 1. The quantitative estimate of drug-likeness (QED) is 0.276. The van der Waals surface area contributed by atoms with Gasteiger partial charge in [-0.05, 0) is 55.8 Å². The van der Waals surface area contributed by atoms with Gasteiger partial charge in [-0.3, -0.25) is 9.36 Å². The zero-order valence-electron chi connectivity index (χ0n) is 21.7. The molecule has 1 aromatic heterocycles. The largest absolute Gasteiger partial charge is 0.496 e. The molecule has 0 atom stereocenters. The molecule has 7 nitrogen and oxygen atoms in total. The van der Waals surface area contributed by atoms with E-state index in [4.69, 9.17) is 16.3 Å². The molecule has 210 valence electrons. The summed E-state index contributed by atoms with van der Waals surface area (Å²) >= 11 is 6.09. The Bertz CT molecular complexity index is 1610. The van der Waals surface area contributed by atoms with Crippen LogP contribution in [-0.2, 0) is 29.6 Å². The molecule has 0 saturated carbocycles. The predicted molar refractivity (Wildman–Crippen MR) is 142 cm³/mol. The number of carbonyl (C=O) groups is 1. The van der Waals surface area contributed by atoms with Crippen LogP contribution in [0.15, 0.2) is 71.5 Å². The molecule has 4 aromatic rings. The molecule has 0 unspecified atom stereocenters. The maximum atomic E-state index is 14.5. The second kappa shape index (κ2) is 11.2. The Labute approximate surface area is 232 Å². The maximum absolute atomic E-state index is 14.5. The standard InChI is InChI=1S/C28H25ClF4N4O3/c1-27(2,18-8-6-9-19(13-18)28(31,32)33)34-24(38)16-37-26(39)36(15-17-7-4-5-10-22(17)30)25(35-37)21-12-11-20(29)14-23(21)40-3/h4-14H,15-16H2,1-3H3,(H,34,38). The van der Waals surface area contributed by atoms with Crippen molar-refractivity contribution in [3.63, 3.8) is 0 Å². The van der Waals surface area contributed by atoms with E-state index >= 15 is 0 Å². The third-order valence-electron chi connectivity index (χ3n) is 6.27. The number of hydrogen-bond donors (Lipinski definition) is 1. The molecule has 4 rings (SSSR count). The molecule has 3 aromatic carbocycles. The molecule has 0 aliphatic carbocycles. The molecule has 1 N–H and O–H groups in total. The summed E-state index contributed by atoms with van der Waals surface area (Å²) in [6.45, 7) is 2.35. The monoisotopic (exact) mass is 576 g/mol. The SMILES string of the molecule is COc1cc(Cl)ccc1-c1nn(CC(=O)NC(C)(C)c2cccc(C(F)(F)F)c2)c(=O)n1Cc1ccccc1F. The lowest BCUT2D eigenvalue weighted by Crippen LogP contribution is -2.44. The van der Waals surface area contributed by atoms with Gasteiger partial charge in [0.2, 0.25) is 5.91 Å². The van der Waals surface area contributed by atoms with Crippen LogP contribution in [0.4, 0.5) is 17.6 Å². The molecule has 0 spiro atoms. The Morgan fingerprint density at radius 3 is 2.40 bits per heavy atom. The number of amides is 1. The van der Waals surface area contributed by atoms with Gasteiger partial charge in [0.05, 0.1) is 30.3 Å². The van der Waals surface area contributed by atoms with Crippen LogP contribution in [0.2, 0.25) is 5.02 Å². The predicted octanol–water partition coefficient (Wildman–Crippen LogP) is 5.63. The van der Waals surface area contributed by atoms with E-state index in [1.807, 2.05) is 0 Å². The Kier molecular flexibility index (Phi) is 8.06. The van der Waals surface area contributed by atoms with E-state index < -0.39 is 41.2 Å². The lowest BCUT2D eigenvalue weighted by molar-refractivity contribution is -0.137. The van der Waals surface area contributed by atoms with Gasteiger partial charge in [0.25, 0.3) is 0 Å². The van der Waals surface area contributed by atoms with Gasteiger partial charge in [-0.1, -0.05) is 41.9 Å². The third kappa shape index (κ3) is 6.20. The highest BCUT2D eigenvalue weighted by molar-refractivity contribution is 6.30. The first-order chi connectivity index (χ1) is 18.8. The summed E-state index contributed by atoms with van der Waals surface area (Å²) < 4.78 is 61.6. The van der Waals surface area contributed by atoms with Crippen molar-refractivity contribution in [3.8, 4) is 17.1 Å². The molecule has 0 aliphatic rings. The van der Waals surface area contributed by atoms with E-state index in [2.05, 4.69) is 10.4 Å². The molecule has 1 amide bonds. The maximum Gasteiger partial charge on any atom is 0.416 e. The smallest absolute Gasteiger partial charge is 0.416 e. The molecule has 0 fully saturated rings. The Balaban J connectivity index is 1.69. The lowest BCUT2D eigenvalue weighted by Gasteiger charge is -2.27. The van der Waals surface area contributed by atoms with Crippen molar-refractivity contribution in [1.82, 2.24) is 19.7 Å². The van der Waals surface area contributed by atoms with Crippen molar-refractivity contribution in [1.29, 1.82) is 0 Å². The molecular weight excluding hydrogens is 552 g/mol. The van der Waals surface area contributed by atoms with Crippen molar-refractivity contribution in [2.75, 3.05) is 7.11 Å². The number of carbonyl (C=O) groups excluding carboxylic acids is 1. The van der Waals surface area contributed by atoms with E-state index in [1.54, 1.807) is 32.0 Å². The zero-order chi connectivity index (χ0) is 29.2. The van der Waals surface area contributed by atoms with Gasteiger partial charge < -0.3 is 10.1 Å². The highest BCUT2D eigenvalue weighted by Crippen LogP contribution is 2.33. The molecule has 0 aliphatic heterocycles. The molecule has 0 bridgehead atoms. The van der Waals surface area contributed by atoms with Crippen molar-refractivity contribution in [2.24, 2.45) is 0 Å². The van der Waals surface area contributed by atoms with E-state index in [9.17, 15) is 27.2 Å². The summed E-state index contributed by atoms with van der Waals surface area (Å²) in [5.74, 6) is -0.798. The van der Waals surface area contributed by atoms with Gasteiger partial charge in [-0.2, -0.15) is 13.2 Å². The van der Waals surface area contributed by atoms with Gasteiger partial charge in [0.1, 0.15) is 18.1 Å². The van der Waals surface area contributed by atoms with Crippen LogP contribution in [-0.4, -0.2) is 27.4 Å². The fourth-order valence-electron chi connectivity index (χ4n) is 4.21. The first-order valence-corrected chi connectivity index (χ1v) is 12.4. The Morgan fingerprint density at radius 2 is 1.73 bits per heavy atom. The average molecular weight is 577 g/mol. The van der Waals surface area contributed by atoms with E-state index in [-0.39, 0.29) is 23.5 Å². The van der Waals surface area contributed by atoms with Gasteiger partial charge >= 0.3 is 11.9 Å². The van der Waals surface area contributed by atoms with Crippen molar-refractivity contribution >= 4 is 17.5 Å². The van der Waals surface area contributed by atoms with Crippen LogP contribution in [0.3, 0.4) is 0 Å². The van der Waals surface area contributed by atoms with Crippen LogP contribution in [0.25, 0.3) is 11.4 Å². The number of alkyl halides is 3. The number of benzene rings is 3. The number of halogens is 5. The molecular formula is C28H25ClF4N4O3. The second-order valence-electron chi connectivity index (χ2n) is 9.54. The van der Waals surface area contributed by atoms with Crippen molar-refractivity contribution in [3.05, 3.63) is 105 Å². The van der Waals surface area contributed by atoms with Crippen LogP contribution >= 0.6 is 11.6 Å². The Morgan fingerprint density at radius 1 is 1.02 bits per heavy atom. The fourth-order valence-corrected chi connectivity index (χ4v) is 4.38. The van der Waals surface area contributed by atoms with Crippen molar-refractivity contribution in [2.45, 2.75) is 38.7 Å². The van der Waals surface area contributed by atoms with Gasteiger partial charge in [0.15, 0.2) is 5.82 Å². The first kappa shape index (κ1) is 28.9. The van der Waals surface area contributed by atoms with E-state index in [0.717, 1.165) is 16.8 Å². The van der Waals surface area contributed by atoms with Gasteiger partial charge in [-0.15, -0.1) is 5.10 Å². The van der Waals surface area contributed by atoms with Crippen LogP contribution in [0, 0.1) is 5.82 Å². The summed E-state index contributed by atoms with van der Waals surface area (Å²) in [6, 6.07) is 15.2. The lowest BCUT2D eigenvalue weighted by atomic mass is 9.92. The van der Waals surface area contributed by atoms with Gasteiger partial charge in [0, 0.05) is 10.6 Å². The number of methoxy groups -OCH3 is 1. The highest BCUT2D eigenvalue weighted by atomic mass is 35.5. The normalized spacial score (nSPS) is 11.9. The summed E-state index contributed by atoms with van der Waals surface area (Å²) in [7, 11) is 1.41. The first-order valence-electron chi connectivity index (χ1n) is 12.0. The van der Waals surface area contributed by atoms with Crippen LogP contribution < -0.4 is 15.7 Å². The number of nitrogens with one attached hydrogen (secondary N) is 1. The molecule has 12 heteroatoms. The minimum Gasteiger partial charge on any atom is -0.496 e. The number of nitrogens with zero attached hydrogens (tertiary/aromatic N) is 3. The number of hydrogen-bond acceptors (Lipinski definition) is 4. The minimum absolute atomic E-state index is 0.103. The van der Waals surface area contributed by atoms with E-state index in [0.29, 0.717) is 16.3 Å². The highest BCUT2D eigenvalue weighted by Gasteiger charge is 2.33.